The molecule has 8 heteroatoms. The number of hydrogen-bond acceptors (Lipinski definition) is 4. The summed E-state index contributed by atoms with van der Waals surface area (Å²) in [4.78, 5) is 10.8. The molecule has 13 aromatic rings. The number of benzene rings is 8. The number of fused-ring (bicyclic) bond motifs is 19. The van der Waals surface area contributed by atoms with Gasteiger partial charge in [-0.2, -0.15) is 10.5 Å². The predicted molar refractivity (Wildman–Crippen MR) is 241 cm³/mol. The fourth-order valence-corrected chi connectivity index (χ4v) is 9.68. The highest BCUT2D eigenvalue weighted by molar-refractivity contribution is 6.26. The summed E-state index contributed by atoms with van der Waals surface area (Å²) < 4.78 is 9.14. The fraction of sp³-hybridized carbons (Fsp3) is 0. The summed E-state index contributed by atoms with van der Waals surface area (Å²) in [5.74, 6) is 0. The molecule has 0 saturated heterocycles. The maximum Gasteiger partial charge on any atom is 0.148 e. The van der Waals surface area contributed by atoms with Crippen molar-refractivity contribution >= 4 is 98.8 Å². The van der Waals surface area contributed by atoms with E-state index in [0.717, 1.165) is 99.4 Å². The summed E-state index contributed by atoms with van der Waals surface area (Å²) in [7, 11) is 0. The highest BCUT2D eigenvalue weighted by atomic mass is 15.1. The number of hydrogen-bond donors (Lipinski definition) is 0. The van der Waals surface area contributed by atoms with E-state index in [2.05, 4.69) is 145 Å². The first-order chi connectivity index (χ1) is 29.7. The van der Waals surface area contributed by atoms with Crippen LogP contribution in [0.25, 0.3) is 110 Å². The first-order valence-electron chi connectivity index (χ1n) is 19.8. The van der Waals surface area contributed by atoms with E-state index in [1.807, 2.05) is 54.6 Å². The molecule has 0 radical (unpaired) electrons. The van der Waals surface area contributed by atoms with Crippen molar-refractivity contribution < 1.29 is 0 Å². The maximum atomic E-state index is 10.1. The lowest BCUT2D eigenvalue weighted by molar-refractivity contribution is 1.16. The lowest BCUT2D eigenvalue weighted by Crippen LogP contribution is -1.96. The third-order valence-electron chi connectivity index (χ3n) is 12.2. The molecule has 0 amide bonds. The number of nitrogens with zero attached hydrogens (tertiary/aromatic N) is 8. The molecule has 0 N–H and O–H groups in total. The zero-order chi connectivity index (χ0) is 39.6. The first-order valence-corrected chi connectivity index (χ1v) is 19.8. The zero-order valence-electron chi connectivity index (χ0n) is 31.7. The largest absolute Gasteiger partial charge is 0.309 e. The third-order valence-corrected chi connectivity index (χ3v) is 12.2. The molecule has 5 aromatic heterocycles. The van der Waals surface area contributed by atoms with Gasteiger partial charge in [0.1, 0.15) is 11.3 Å². The molecule has 276 valence electrons. The summed E-state index contributed by atoms with van der Waals surface area (Å²) in [5, 5.41) is 26.5. The van der Waals surface area contributed by atoms with Crippen molar-refractivity contribution in [2.45, 2.75) is 0 Å². The van der Waals surface area contributed by atoms with Crippen LogP contribution in [0.5, 0.6) is 0 Å². The van der Waals surface area contributed by atoms with Crippen molar-refractivity contribution in [3.05, 3.63) is 181 Å². The molecule has 0 saturated carbocycles. The molecule has 0 aliphatic heterocycles. The number of imidazole rings is 2. The summed E-state index contributed by atoms with van der Waals surface area (Å²) in [6, 6.07) is 63.3. The highest BCUT2D eigenvalue weighted by Gasteiger charge is 2.23. The van der Waals surface area contributed by atoms with Gasteiger partial charge in [-0.3, -0.25) is 8.80 Å². The van der Waals surface area contributed by atoms with Crippen LogP contribution < -0.4 is 0 Å². The molecule has 5 heterocycles. The number of para-hydroxylation sites is 4. The van der Waals surface area contributed by atoms with Crippen LogP contribution >= 0.6 is 0 Å². The molecule has 8 aromatic carbocycles. The van der Waals surface area contributed by atoms with Crippen LogP contribution in [0.3, 0.4) is 0 Å². The van der Waals surface area contributed by atoms with E-state index < -0.39 is 0 Å². The minimum atomic E-state index is 0.541. The number of nitriles is 2. The van der Waals surface area contributed by atoms with Crippen molar-refractivity contribution in [3.8, 4) is 23.5 Å². The molecule has 0 spiro atoms. The predicted octanol–water partition coefficient (Wildman–Crippen LogP) is 12.1. The molecule has 60 heavy (non-hydrogen) atoms. The van der Waals surface area contributed by atoms with E-state index in [1.54, 1.807) is 0 Å². The van der Waals surface area contributed by atoms with E-state index in [1.165, 1.54) is 10.8 Å². The van der Waals surface area contributed by atoms with Gasteiger partial charge in [0.15, 0.2) is 0 Å². The average Bonchev–Trinajstić information content (AvgIpc) is 4.05. The molecule has 0 bridgehead atoms. The molecule has 0 aliphatic carbocycles. The monoisotopic (exact) mass is 764 g/mol. The van der Waals surface area contributed by atoms with E-state index in [4.69, 9.17) is 9.97 Å². The van der Waals surface area contributed by atoms with Gasteiger partial charge in [-0.15, -0.1) is 0 Å². The van der Waals surface area contributed by atoms with Crippen LogP contribution in [0, 0.1) is 22.7 Å². The van der Waals surface area contributed by atoms with E-state index >= 15 is 0 Å². The lowest BCUT2D eigenvalue weighted by atomic mass is 10.1. The Balaban J connectivity index is 1.34. The van der Waals surface area contributed by atoms with Gasteiger partial charge in [-0.1, -0.05) is 66.7 Å². The summed E-state index contributed by atoms with van der Waals surface area (Å²) in [6.07, 6.45) is 0. The number of rotatable bonds is 2. The quantitative estimate of drug-likeness (QED) is 0.175. The zero-order valence-corrected chi connectivity index (χ0v) is 31.7. The van der Waals surface area contributed by atoms with Crippen molar-refractivity contribution in [2.24, 2.45) is 0 Å². The third kappa shape index (κ3) is 4.26. The van der Waals surface area contributed by atoms with Gasteiger partial charge in [-0.25, -0.2) is 9.97 Å². The molecule has 13 rings (SSSR count). The first kappa shape index (κ1) is 32.4. The van der Waals surface area contributed by atoms with Crippen LogP contribution in [0.15, 0.2) is 170 Å². The summed E-state index contributed by atoms with van der Waals surface area (Å²) >= 11 is 0. The normalized spacial score (nSPS) is 12.0. The Morgan fingerprint density at radius 3 is 1.68 bits per heavy atom. The summed E-state index contributed by atoms with van der Waals surface area (Å²) in [5.41, 5.74) is 14.0. The standard InChI is InChI=1S/C52H28N8/c53-29-31-19-22-45-40(26-31)56-52-50-47(60-48-27-32(30-54)18-21-39(48)55-51(60)37-14-6-9-17-43(37)59(45)52)25-24-46-49(50)38-28-34(20-23-44(38)57(46)33-10-2-1-3-11-33)58-41-15-7-4-12-35(41)36-13-5-8-16-42(36)58/h1-28H. The Labute approximate surface area is 340 Å². The van der Waals surface area contributed by atoms with Crippen LogP contribution in [-0.4, -0.2) is 27.9 Å². The van der Waals surface area contributed by atoms with E-state index in [-0.39, 0.29) is 0 Å². The van der Waals surface area contributed by atoms with Gasteiger partial charge >= 0.3 is 0 Å². The molecular formula is C52H28N8. The van der Waals surface area contributed by atoms with Crippen LogP contribution in [-0.2, 0) is 0 Å². The van der Waals surface area contributed by atoms with Crippen molar-refractivity contribution in [3.63, 3.8) is 0 Å². The van der Waals surface area contributed by atoms with Gasteiger partial charge in [-0.05, 0) is 103 Å². The second-order valence-electron chi connectivity index (χ2n) is 15.3. The lowest BCUT2D eigenvalue weighted by Gasteiger charge is -2.10. The maximum absolute atomic E-state index is 10.1. The average molecular weight is 765 g/mol. The molecule has 0 atom stereocenters. The molecule has 0 fully saturated rings. The minimum absolute atomic E-state index is 0.541. The Morgan fingerprint density at radius 1 is 0.350 bits per heavy atom. The molecular weight excluding hydrogens is 737 g/mol. The van der Waals surface area contributed by atoms with Crippen molar-refractivity contribution in [1.82, 2.24) is 27.9 Å². The number of aromatic nitrogens is 6. The molecule has 0 unspecified atom stereocenters. The Morgan fingerprint density at radius 2 is 0.917 bits per heavy atom. The van der Waals surface area contributed by atoms with Gasteiger partial charge in [0, 0.05) is 38.3 Å². The van der Waals surface area contributed by atoms with E-state index in [0.29, 0.717) is 11.1 Å². The smallest absolute Gasteiger partial charge is 0.148 e. The van der Waals surface area contributed by atoms with Gasteiger partial charge < -0.3 is 9.13 Å². The van der Waals surface area contributed by atoms with Crippen LogP contribution in [0.4, 0.5) is 0 Å². The Bertz CT molecular complexity index is 4100. The Hall–Kier alpha value is -8.72. The fourth-order valence-electron chi connectivity index (χ4n) is 9.68. The van der Waals surface area contributed by atoms with Crippen molar-refractivity contribution in [2.75, 3.05) is 0 Å². The van der Waals surface area contributed by atoms with Crippen LogP contribution in [0.1, 0.15) is 11.1 Å². The topological polar surface area (TPSA) is 92.0 Å². The second-order valence-corrected chi connectivity index (χ2v) is 15.3. The van der Waals surface area contributed by atoms with Gasteiger partial charge in [0.2, 0.25) is 0 Å². The van der Waals surface area contributed by atoms with Gasteiger partial charge in [0.05, 0.1) is 83.8 Å². The highest BCUT2D eigenvalue weighted by Crippen LogP contribution is 2.42. The van der Waals surface area contributed by atoms with Crippen LogP contribution in [0.2, 0.25) is 0 Å². The van der Waals surface area contributed by atoms with Gasteiger partial charge in [0.25, 0.3) is 0 Å². The van der Waals surface area contributed by atoms with E-state index in [9.17, 15) is 10.5 Å². The Kier molecular flexibility index (Phi) is 6.42. The minimum Gasteiger partial charge on any atom is -0.309 e. The molecule has 8 nitrogen and oxygen atoms in total. The molecule has 0 aliphatic rings. The summed E-state index contributed by atoms with van der Waals surface area (Å²) in [6.45, 7) is 0. The van der Waals surface area contributed by atoms with Crippen molar-refractivity contribution in [1.29, 1.82) is 10.5 Å². The SMILES string of the molecule is N#Cc1ccc2c(c1)nc1c3c4c5cc(-n6c7ccccc7c7ccccc76)ccc5n(-c5ccccc5)c4ccc3n3c4cc(C#N)ccc4nc3c3ccccc3n21. The second kappa shape index (κ2) is 11.9.